The van der Waals surface area contributed by atoms with Gasteiger partial charge < -0.3 is 4.52 Å². The Bertz CT molecular complexity index is 1180. The van der Waals surface area contributed by atoms with Crippen molar-refractivity contribution in [2.45, 2.75) is 19.1 Å². The molecule has 3 heterocycles. The van der Waals surface area contributed by atoms with Gasteiger partial charge in [-0.25, -0.2) is 12.8 Å². The Kier molecular flexibility index (Phi) is 4.52. The van der Waals surface area contributed by atoms with Crippen molar-refractivity contribution in [2.24, 2.45) is 0 Å². The standard InChI is InChI=1S/C17H12F4N4O3S/c18-12-7-11(15-23-16(28-24-15)17(19,20)21)8-22-13(12)9-25-14-4-2-1-3-10(14)5-6-29(25,26)27/h1-4,7-8H,5-6,9H2. The fourth-order valence-electron chi connectivity index (χ4n) is 2.94. The zero-order valence-corrected chi connectivity index (χ0v) is 15.3. The number of sulfonamides is 1. The van der Waals surface area contributed by atoms with Crippen LogP contribution in [0.5, 0.6) is 0 Å². The summed E-state index contributed by atoms with van der Waals surface area (Å²) in [6.07, 6.45) is -3.41. The molecule has 0 spiro atoms. The Balaban J connectivity index is 1.65. The molecule has 0 fully saturated rings. The SMILES string of the molecule is O=S1(=O)CCc2ccccc2N1Cc1ncc(-c2noc(C(F)(F)F)n2)cc1F. The quantitative estimate of drug-likeness (QED) is 0.596. The van der Waals surface area contributed by atoms with Crippen LogP contribution in [0.25, 0.3) is 11.4 Å². The van der Waals surface area contributed by atoms with E-state index in [2.05, 4.69) is 19.6 Å². The van der Waals surface area contributed by atoms with Gasteiger partial charge in [-0.15, -0.1) is 0 Å². The molecule has 0 unspecified atom stereocenters. The molecule has 1 aromatic carbocycles. The number of pyridine rings is 1. The predicted octanol–water partition coefficient (Wildman–Crippen LogP) is 3.18. The summed E-state index contributed by atoms with van der Waals surface area (Å²) < 4.78 is 82.4. The van der Waals surface area contributed by atoms with Crippen molar-refractivity contribution in [1.82, 2.24) is 15.1 Å². The molecule has 152 valence electrons. The highest BCUT2D eigenvalue weighted by atomic mass is 32.2. The molecule has 0 aliphatic carbocycles. The lowest BCUT2D eigenvalue weighted by Crippen LogP contribution is -2.37. The fourth-order valence-corrected chi connectivity index (χ4v) is 4.44. The second-order valence-corrected chi connectivity index (χ2v) is 8.29. The van der Waals surface area contributed by atoms with Crippen LogP contribution in [0.4, 0.5) is 23.2 Å². The molecule has 1 aliphatic heterocycles. The smallest absolute Gasteiger partial charge is 0.329 e. The van der Waals surface area contributed by atoms with Crippen molar-refractivity contribution in [1.29, 1.82) is 0 Å². The molecule has 0 amide bonds. The van der Waals surface area contributed by atoms with Crippen LogP contribution in [0, 0.1) is 5.82 Å². The number of anilines is 1. The van der Waals surface area contributed by atoms with Crippen molar-refractivity contribution < 1.29 is 30.5 Å². The first-order chi connectivity index (χ1) is 13.6. The van der Waals surface area contributed by atoms with Gasteiger partial charge in [-0.1, -0.05) is 23.4 Å². The third kappa shape index (κ3) is 3.67. The molecule has 1 aliphatic rings. The van der Waals surface area contributed by atoms with Crippen molar-refractivity contribution in [3.8, 4) is 11.4 Å². The van der Waals surface area contributed by atoms with E-state index in [0.29, 0.717) is 12.1 Å². The van der Waals surface area contributed by atoms with Gasteiger partial charge in [0.1, 0.15) is 5.82 Å². The Labute approximate surface area is 162 Å². The highest BCUT2D eigenvalue weighted by molar-refractivity contribution is 7.92. The van der Waals surface area contributed by atoms with Crippen LogP contribution >= 0.6 is 0 Å². The molecule has 7 nitrogen and oxygen atoms in total. The average Bonchev–Trinajstić information content (AvgIpc) is 3.16. The maximum atomic E-state index is 14.6. The third-order valence-corrected chi connectivity index (χ3v) is 6.08. The van der Waals surface area contributed by atoms with Crippen LogP contribution in [0.1, 0.15) is 17.1 Å². The fraction of sp³-hybridized carbons (Fsp3) is 0.235. The molecule has 0 atom stereocenters. The maximum absolute atomic E-state index is 14.6. The van der Waals surface area contributed by atoms with Crippen molar-refractivity contribution in [3.63, 3.8) is 0 Å². The second-order valence-electron chi connectivity index (χ2n) is 6.27. The van der Waals surface area contributed by atoms with Crippen LogP contribution < -0.4 is 4.31 Å². The lowest BCUT2D eigenvalue weighted by molar-refractivity contribution is -0.159. The lowest BCUT2D eigenvalue weighted by Gasteiger charge is -2.30. The summed E-state index contributed by atoms with van der Waals surface area (Å²) in [5.74, 6) is -3.06. The number of aromatic nitrogens is 3. The van der Waals surface area contributed by atoms with Crippen LogP contribution in [-0.2, 0) is 29.2 Å². The van der Waals surface area contributed by atoms with Crippen LogP contribution in [0.3, 0.4) is 0 Å². The first kappa shape index (κ1) is 19.3. The predicted molar refractivity (Wildman–Crippen MR) is 92.6 cm³/mol. The molecule has 2 aromatic heterocycles. The first-order valence-electron chi connectivity index (χ1n) is 8.29. The average molecular weight is 428 g/mol. The molecule has 3 aromatic rings. The van der Waals surface area contributed by atoms with Gasteiger partial charge in [0.2, 0.25) is 15.8 Å². The van der Waals surface area contributed by atoms with Gasteiger partial charge in [-0.2, -0.15) is 18.2 Å². The van der Waals surface area contributed by atoms with E-state index >= 15 is 0 Å². The molecular weight excluding hydrogens is 416 g/mol. The molecule has 0 N–H and O–H groups in total. The minimum atomic E-state index is -4.83. The topological polar surface area (TPSA) is 89.2 Å². The molecule has 12 heteroatoms. The van der Waals surface area contributed by atoms with E-state index in [-0.39, 0.29) is 23.6 Å². The van der Waals surface area contributed by atoms with E-state index in [1.54, 1.807) is 24.3 Å². The van der Waals surface area contributed by atoms with E-state index in [1.165, 1.54) is 0 Å². The number of nitrogens with zero attached hydrogens (tertiary/aromatic N) is 4. The van der Waals surface area contributed by atoms with Gasteiger partial charge in [-0.05, 0) is 24.1 Å². The number of fused-ring (bicyclic) bond motifs is 1. The van der Waals surface area contributed by atoms with E-state index in [9.17, 15) is 26.0 Å². The number of para-hydroxylation sites is 1. The van der Waals surface area contributed by atoms with Crippen LogP contribution in [0.15, 0.2) is 41.1 Å². The van der Waals surface area contributed by atoms with Crippen LogP contribution in [0.2, 0.25) is 0 Å². The summed E-state index contributed by atoms with van der Waals surface area (Å²) in [7, 11) is -3.67. The zero-order chi connectivity index (χ0) is 20.8. The maximum Gasteiger partial charge on any atom is 0.471 e. The van der Waals surface area contributed by atoms with Gasteiger partial charge >= 0.3 is 12.1 Å². The van der Waals surface area contributed by atoms with Gasteiger partial charge in [-0.3, -0.25) is 9.29 Å². The van der Waals surface area contributed by atoms with Gasteiger partial charge in [0.05, 0.1) is 23.7 Å². The van der Waals surface area contributed by atoms with E-state index in [1.807, 2.05) is 0 Å². The Morgan fingerprint density at radius 3 is 2.66 bits per heavy atom. The highest BCUT2D eigenvalue weighted by Gasteiger charge is 2.38. The van der Waals surface area contributed by atoms with Gasteiger partial charge in [0.15, 0.2) is 0 Å². The number of hydrogen-bond donors (Lipinski definition) is 0. The highest BCUT2D eigenvalue weighted by Crippen LogP contribution is 2.32. The Hall–Kier alpha value is -3.02. The van der Waals surface area contributed by atoms with E-state index in [0.717, 1.165) is 22.1 Å². The van der Waals surface area contributed by atoms with Gasteiger partial charge in [0, 0.05) is 11.8 Å². The summed E-state index contributed by atoms with van der Waals surface area (Å²) in [4.78, 5) is 7.05. The van der Waals surface area contributed by atoms with Gasteiger partial charge in [0.25, 0.3) is 0 Å². The number of benzene rings is 1. The molecule has 0 bridgehead atoms. The summed E-state index contributed by atoms with van der Waals surface area (Å²) >= 11 is 0. The number of halogens is 4. The second kappa shape index (κ2) is 6.79. The van der Waals surface area contributed by atoms with E-state index < -0.39 is 33.7 Å². The Morgan fingerprint density at radius 1 is 1.21 bits per heavy atom. The normalized spacial score (nSPS) is 15.9. The molecule has 29 heavy (non-hydrogen) atoms. The minimum absolute atomic E-state index is 0.118. The van der Waals surface area contributed by atoms with Crippen LogP contribution in [-0.4, -0.2) is 29.3 Å². The third-order valence-electron chi connectivity index (χ3n) is 4.36. The lowest BCUT2D eigenvalue weighted by atomic mass is 10.1. The van der Waals surface area contributed by atoms with Crippen molar-refractivity contribution in [2.75, 3.05) is 10.1 Å². The van der Waals surface area contributed by atoms with E-state index in [4.69, 9.17) is 0 Å². The molecule has 4 rings (SSSR count). The molecule has 0 radical (unpaired) electrons. The van der Waals surface area contributed by atoms with Crippen molar-refractivity contribution >= 4 is 15.7 Å². The summed E-state index contributed by atoms with van der Waals surface area (Å²) in [5, 5.41) is 3.17. The number of rotatable bonds is 3. The monoisotopic (exact) mass is 428 g/mol. The first-order valence-corrected chi connectivity index (χ1v) is 9.90. The number of aryl methyl sites for hydroxylation is 1. The molecule has 0 saturated heterocycles. The Morgan fingerprint density at radius 2 is 1.97 bits per heavy atom. The largest absolute Gasteiger partial charge is 0.471 e. The molecule has 0 saturated carbocycles. The number of alkyl halides is 3. The zero-order valence-electron chi connectivity index (χ0n) is 14.5. The summed E-state index contributed by atoms with van der Waals surface area (Å²) in [6.45, 7) is -0.356. The van der Waals surface area contributed by atoms with Crippen molar-refractivity contribution in [3.05, 3.63) is 59.5 Å². The minimum Gasteiger partial charge on any atom is -0.329 e. The number of hydrogen-bond acceptors (Lipinski definition) is 6. The summed E-state index contributed by atoms with van der Waals surface area (Å²) in [5.41, 5.74) is 0.934. The summed E-state index contributed by atoms with van der Waals surface area (Å²) in [6, 6.07) is 7.75. The molecular formula is C17H12F4N4O3S.